The summed E-state index contributed by atoms with van der Waals surface area (Å²) in [5.41, 5.74) is 3.92. The number of nitrogens with zero attached hydrogens (tertiary/aromatic N) is 1. The summed E-state index contributed by atoms with van der Waals surface area (Å²) in [5.74, 6) is 3.57. The van der Waals surface area contributed by atoms with Gasteiger partial charge in [0.1, 0.15) is 5.75 Å². The van der Waals surface area contributed by atoms with Gasteiger partial charge in [-0.2, -0.15) is 0 Å². The smallest absolute Gasteiger partial charge is 0.254 e. The first-order valence-electron chi connectivity index (χ1n) is 13.8. The average Bonchev–Trinajstić information content (AvgIpc) is 2.95. The number of methoxy groups -OCH3 is 1. The summed E-state index contributed by atoms with van der Waals surface area (Å²) in [4.78, 5) is 15.9. The lowest BCUT2D eigenvalue weighted by atomic mass is 9.87. The van der Waals surface area contributed by atoms with E-state index in [-0.39, 0.29) is 11.9 Å². The zero-order valence-electron chi connectivity index (χ0n) is 23.6. The molecule has 1 aliphatic rings. The van der Waals surface area contributed by atoms with Crippen LogP contribution in [0.25, 0.3) is 0 Å². The number of fused-ring (bicyclic) bond motifs is 1. The van der Waals surface area contributed by atoms with E-state index in [0.717, 1.165) is 34.8 Å². The molecule has 0 saturated heterocycles. The topological polar surface area (TPSA) is 66.5 Å². The molecule has 0 N–H and O–H groups in total. The van der Waals surface area contributed by atoms with Gasteiger partial charge in [-0.05, 0) is 106 Å². The van der Waals surface area contributed by atoms with Gasteiger partial charge in [-0.25, -0.2) is 0 Å². The van der Waals surface area contributed by atoms with Crippen LogP contribution in [0.3, 0.4) is 0 Å². The third-order valence-corrected chi connectivity index (χ3v) is 6.80. The van der Waals surface area contributed by atoms with Crippen LogP contribution in [-0.4, -0.2) is 50.9 Å². The fourth-order valence-corrected chi connectivity index (χ4v) is 5.05. The Labute approximate surface area is 231 Å². The summed E-state index contributed by atoms with van der Waals surface area (Å²) in [6.07, 6.45) is 1.34. The van der Waals surface area contributed by atoms with Crippen LogP contribution in [0.1, 0.15) is 60.8 Å². The fourth-order valence-electron chi connectivity index (χ4n) is 5.05. The molecule has 0 fully saturated rings. The maximum Gasteiger partial charge on any atom is 0.254 e. The molecule has 1 aliphatic heterocycles. The normalized spacial score (nSPS) is 14.4. The standard InChI is InChI=1S/C32H39NO6/c1-6-36-28-15-10-22(19-29(28)37-7-2)18-27-26-21-31(39-9-4)30(38-8-3)20-24(26)16-17-33(27)32(34)23-11-13-25(35-5)14-12-23/h10-15,19-21,27H,6-9,16-18H2,1-5H3. The highest BCUT2D eigenvalue weighted by Gasteiger charge is 2.33. The largest absolute Gasteiger partial charge is 0.497 e. The molecule has 1 amide bonds. The van der Waals surface area contributed by atoms with Gasteiger partial charge in [0.2, 0.25) is 0 Å². The van der Waals surface area contributed by atoms with Gasteiger partial charge in [-0.1, -0.05) is 6.07 Å². The van der Waals surface area contributed by atoms with E-state index < -0.39 is 0 Å². The molecule has 1 unspecified atom stereocenters. The van der Waals surface area contributed by atoms with Crippen LogP contribution in [0.5, 0.6) is 28.7 Å². The Morgan fingerprint density at radius 2 is 1.36 bits per heavy atom. The number of rotatable bonds is 12. The molecule has 1 heterocycles. The van der Waals surface area contributed by atoms with E-state index in [4.69, 9.17) is 23.7 Å². The van der Waals surface area contributed by atoms with E-state index >= 15 is 0 Å². The zero-order valence-corrected chi connectivity index (χ0v) is 23.6. The molecule has 0 spiro atoms. The Hall–Kier alpha value is -3.87. The molecule has 0 radical (unpaired) electrons. The predicted molar refractivity (Wildman–Crippen MR) is 152 cm³/mol. The second kappa shape index (κ2) is 13.3. The summed E-state index contributed by atoms with van der Waals surface area (Å²) in [5, 5.41) is 0. The van der Waals surface area contributed by atoms with Crippen LogP contribution < -0.4 is 23.7 Å². The Morgan fingerprint density at radius 3 is 1.97 bits per heavy atom. The Kier molecular flexibility index (Phi) is 9.58. The monoisotopic (exact) mass is 533 g/mol. The number of benzene rings is 3. The van der Waals surface area contributed by atoms with Crippen molar-refractivity contribution in [3.63, 3.8) is 0 Å². The maximum atomic E-state index is 13.9. The fraction of sp³-hybridized carbons (Fsp3) is 0.406. The highest BCUT2D eigenvalue weighted by molar-refractivity contribution is 5.95. The summed E-state index contributed by atoms with van der Waals surface area (Å²) in [6, 6.07) is 17.2. The van der Waals surface area contributed by atoms with Gasteiger partial charge in [0.25, 0.3) is 5.91 Å². The molecule has 3 aromatic rings. The number of carbonyl (C=O) groups excluding carboxylic acids is 1. The SMILES string of the molecule is CCOc1ccc(CC2c3cc(OCC)c(OCC)cc3CCN2C(=O)c2ccc(OC)cc2)cc1OCC. The minimum atomic E-state index is -0.203. The molecule has 208 valence electrons. The van der Waals surface area contributed by atoms with Crippen LogP contribution >= 0.6 is 0 Å². The lowest BCUT2D eigenvalue weighted by Gasteiger charge is -2.38. The van der Waals surface area contributed by atoms with E-state index in [0.29, 0.717) is 56.5 Å². The molecule has 4 rings (SSSR count). The summed E-state index contributed by atoms with van der Waals surface area (Å²) in [6.45, 7) is 10.6. The van der Waals surface area contributed by atoms with E-state index in [1.165, 1.54) is 5.56 Å². The van der Waals surface area contributed by atoms with Gasteiger partial charge in [-0.3, -0.25) is 4.79 Å². The second-order valence-electron chi connectivity index (χ2n) is 9.21. The van der Waals surface area contributed by atoms with Crippen molar-refractivity contribution >= 4 is 5.91 Å². The van der Waals surface area contributed by atoms with Crippen molar-refractivity contribution < 1.29 is 28.5 Å². The van der Waals surface area contributed by atoms with Crippen molar-refractivity contribution in [1.29, 1.82) is 0 Å². The van der Waals surface area contributed by atoms with Gasteiger partial charge >= 0.3 is 0 Å². The molecule has 7 heteroatoms. The van der Waals surface area contributed by atoms with Crippen LogP contribution in [0.2, 0.25) is 0 Å². The van der Waals surface area contributed by atoms with Crippen molar-refractivity contribution in [1.82, 2.24) is 4.90 Å². The first-order valence-corrected chi connectivity index (χ1v) is 13.8. The van der Waals surface area contributed by atoms with Crippen LogP contribution in [-0.2, 0) is 12.8 Å². The van der Waals surface area contributed by atoms with Crippen molar-refractivity contribution in [2.75, 3.05) is 40.1 Å². The van der Waals surface area contributed by atoms with E-state index in [1.54, 1.807) is 7.11 Å². The third kappa shape index (κ3) is 6.41. The van der Waals surface area contributed by atoms with Crippen molar-refractivity contribution in [2.45, 2.75) is 46.6 Å². The Balaban J connectivity index is 1.77. The minimum absolute atomic E-state index is 0.0175. The number of carbonyl (C=O) groups is 1. The summed E-state index contributed by atoms with van der Waals surface area (Å²) < 4.78 is 28.8. The van der Waals surface area contributed by atoms with Gasteiger partial charge in [0, 0.05) is 12.1 Å². The minimum Gasteiger partial charge on any atom is -0.497 e. The first-order chi connectivity index (χ1) is 19.0. The highest BCUT2D eigenvalue weighted by Crippen LogP contribution is 2.41. The molecule has 3 aromatic carbocycles. The molecule has 1 atom stereocenters. The van der Waals surface area contributed by atoms with Gasteiger partial charge in [0.05, 0.1) is 39.6 Å². The predicted octanol–water partition coefficient (Wildman–Crippen LogP) is 6.27. The lowest BCUT2D eigenvalue weighted by Crippen LogP contribution is -2.41. The number of hydrogen-bond acceptors (Lipinski definition) is 6. The van der Waals surface area contributed by atoms with Crippen molar-refractivity contribution in [3.05, 3.63) is 76.9 Å². The average molecular weight is 534 g/mol. The Bertz CT molecular complexity index is 1260. The molecule has 0 aromatic heterocycles. The van der Waals surface area contributed by atoms with Crippen molar-refractivity contribution in [3.8, 4) is 28.7 Å². The van der Waals surface area contributed by atoms with Crippen LogP contribution in [0.15, 0.2) is 54.6 Å². The van der Waals surface area contributed by atoms with Gasteiger partial charge < -0.3 is 28.6 Å². The van der Waals surface area contributed by atoms with Gasteiger partial charge in [0.15, 0.2) is 23.0 Å². The molecule has 7 nitrogen and oxygen atoms in total. The van der Waals surface area contributed by atoms with E-state index in [1.807, 2.05) is 69.0 Å². The van der Waals surface area contributed by atoms with E-state index in [9.17, 15) is 4.79 Å². The van der Waals surface area contributed by atoms with Crippen LogP contribution in [0.4, 0.5) is 0 Å². The molecular formula is C32H39NO6. The van der Waals surface area contributed by atoms with Gasteiger partial charge in [-0.15, -0.1) is 0 Å². The molecule has 0 bridgehead atoms. The highest BCUT2D eigenvalue weighted by atomic mass is 16.5. The maximum absolute atomic E-state index is 13.9. The Morgan fingerprint density at radius 1 is 0.769 bits per heavy atom. The summed E-state index contributed by atoms with van der Waals surface area (Å²) in [7, 11) is 1.62. The summed E-state index contributed by atoms with van der Waals surface area (Å²) >= 11 is 0. The zero-order chi connectivity index (χ0) is 27.8. The first kappa shape index (κ1) is 28.1. The number of ether oxygens (including phenoxy) is 5. The molecule has 0 aliphatic carbocycles. The molecule has 0 saturated carbocycles. The third-order valence-electron chi connectivity index (χ3n) is 6.80. The van der Waals surface area contributed by atoms with Crippen LogP contribution in [0, 0.1) is 0 Å². The van der Waals surface area contributed by atoms with Crippen molar-refractivity contribution in [2.24, 2.45) is 0 Å². The second-order valence-corrected chi connectivity index (χ2v) is 9.21. The quantitative estimate of drug-likeness (QED) is 0.273. The lowest BCUT2D eigenvalue weighted by molar-refractivity contribution is 0.0659. The molecular weight excluding hydrogens is 494 g/mol. The number of amides is 1. The molecule has 39 heavy (non-hydrogen) atoms. The van der Waals surface area contributed by atoms with E-state index in [2.05, 4.69) is 18.2 Å². The number of hydrogen-bond donors (Lipinski definition) is 0.